The largest absolute Gasteiger partial charge is 0.325 e. The molecule has 1 aromatic heterocycles. The van der Waals surface area contributed by atoms with E-state index in [0.29, 0.717) is 12.6 Å². The van der Waals surface area contributed by atoms with Gasteiger partial charge in [-0.25, -0.2) is 4.68 Å². The van der Waals surface area contributed by atoms with E-state index < -0.39 is 0 Å². The zero-order valence-corrected chi connectivity index (χ0v) is 11.1. The maximum absolute atomic E-state index is 11.7. The van der Waals surface area contributed by atoms with Crippen molar-refractivity contribution in [2.24, 2.45) is 0 Å². The monoisotopic (exact) mass is 258 g/mol. The number of carbonyl (C=O) groups is 1. The van der Waals surface area contributed by atoms with Crippen LogP contribution in [0.2, 0.25) is 0 Å². The molecule has 100 valence electrons. The molecule has 2 N–H and O–H groups in total. The minimum Gasteiger partial charge on any atom is -0.325 e. The summed E-state index contributed by atoms with van der Waals surface area (Å²) in [6.45, 7) is 4.32. The van der Waals surface area contributed by atoms with Crippen molar-refractivity contribution in [3.63, 3.8) is 0 Å². The molecular weight excluding hydrogens is 240 g/mol. The molecule has 0 fully saturated rings. The van der Waals surface area contributed by atoms with Gasteiger partial charge in [0.25, 0.3) is 0 Å². The number of nitrogens with one attached hydrogen (secondary N) is 2. The first-order chi connectivity index (χ1) is 9.15. The second-order valence-electron chi connectivity index (χ2n) is 4.58. The molecule has 0 unspecified atom stereocenters. The smallest absolute Gasteiger partial charge is 0.238 e. The number of benzene rings is 1. The van der Waals surface area contributed by atoms with Crippen LogP contribution in [-0.4, -0.2) is 28.3 Å². The Kier molecular flexibility index (Phi) is 4.30. The van der Waals surface area contributed by atoms with E-state index in [1.807, 2.05) is 50.4 Å². The molecule has 0 atom stereocenters. The van der Waals surface area contributed by atoms with E-state index in [2.05, 4.69) is 15.7 Å². The Bertz CT molecular complexity index is 534. The van der Waals surface area contributed by atoms with Gasteiger partial charge >= 0.3 is 0 Å². The third kappa shape index (κ3) is 3.93. The number of nitrogens with zero attached hydrogens (tertiary/aromatic N) is 2. The second kappa shape index (κ2) is 6.15. The first kappa shape index (κ1) is 13.3. The topological polar surface area (TPSA) is 59.0 Å². The van der Waals surface area contributed by atoms with Crippen LogP contribution >= 0.6 is 0 Å². The van der Waals surface area contributed by atoms with Crippen LogP contribution in [0.4, 0.5) is 5.69 Å². The van der Waals surface area contributed by atoms with Crippen LogP contribution in [-0.2, 0) is 4.79 Å². The lowest BCUT2D eigenvalue weighted by Crippen LogP contribution is -2.32. The van der Waals surface area contributed by atoms with Gasteiger partial charge in [0.15, 0.2) is 0 Å². The second-order valence-corrected chi connectivity index (χ2v) is 4.58. The fraction of sp³-hybridized carbons (Fsp3) is 0.286. The standard InChI is InChI=1S/C14H18N4O/c1-11(2)15-10-14(19)17-12-5-3-6-13(9-12)18-8-4-7-16-18/h3-9,11,15H,10H2,1-2H3,(H,17,19). The van der Waals surface area contributed by atoms with Gasteiger partial charge in [0.2, 0.25) is 5.91 Å². The number of rotatable bonds is 5. The molecule has 0 aliphatic carbocycles. The molecule has 1 amide bonds. The molecule has 0 saturated heterocycles. The minimum atomic E-state index is -0.0497. The van der Waals surface area contributed by atoms with Crippen LogP contribution in [0, 0.1) is 0 Å². The summed E-state index contributed by atoms with van der Waals surface area (Å²) in [6.07, 6.45) is 3.58. The normalized spacial score (nSPS) is 10.7. The van der Waals surface area contributed by atoms with E-state index in [4.69, 9.17) is 0 Å². The SMILES string of the molecule is CC(C)NCC(=O)Nc1cccc(-n2cccn2)c1. The van der Waals surface area contributed by atoms with Crippen LogP contribution in [0.5, 0.6) is 0 Å². The first-order valence-corrected chi connectivity index (χ1v) is 6.28. The van der Waals surface area contributed by atoms with Gasteiger partial charge in [-0.15, -0.1) is 0 Å². The average molecular weight is 258 g/mol. The molecule has 0 radical (unpaired) electrons. The average Bonchev–Trinajstić information content (AvgIpc) is 2.90. The molecule has 5 nitrogen and oxygen atoms in total. The Balaban J connectivity index is 2.01. The number of hydrogen-bond donors (Lipinski definition) is 2. The van der Waals surface area contributed by atoms with Gasteiger partial charge in [-0.3, -0.25) is 4.79 Å². The van der Waals surface area contributed by atoms with Crippen LogP contribution in [0.3, 0.4) is 0 Å². The fourth-order valence-corrected chi connectivity index (χ4v) is 1.65. The van der Waals surface area contributed by atoms with Gasteiger partial charge in [0.1, 0.15) is 0 Å². The molecule has 1 heterocycles. The van der Waals surface area contributed by atoms with E-state index in [9.17, 15) is 4.79 Å². The minimum absolute atomic E-state index is 0.0497. The van der Waals surface area contributed by atoms with E-state index >= 15 is 0 Å². The zero-order valence-electron chi connectivity index (χ0n) is 11.1. The summed E-state index contributed by atoms with van der Waals surface area (Å²) < 4.78 is 1.75. The van der Waals surface area contributed by atoms with Crippen molar-refractivity contribution >= 4 is 11.6 Å². The molecule has 0 saturated carbocycles. The molecule has 2 rings (SSSR count). The Morgan fingerprint density at radius 2 is 2.21 bits per heavy atom. The Hall–Kier alpha value is -2.14. The molecule has 0 spiro atoms. The highest BCUT2D eigenvalue weighted by Crippen LogP contribution is 2.13. The molecule has 0 aliphatic heterocycles. The fourth-order valence-electron chi connectivity index (χ4n) is 1.65. The summed E-state index contributed by atoms with van der Waals surface area (Å²) in [5.41, 5.74) is 1.68. The first-order valence-electron chi connectivity index (χ1n) is 6.28. The summed E-state index contributed by atoms with van der Waals surface area (Å²) in [6, 6.07) is 9.73. The van der Waals surface area contributed by atoms with E-state index in [-0.39, 0.29) is 5.91 Å². The molecular formula is C14H18N4O. The summed E-state index contributed by atoms with van der Waals surface area (Å²) in [5, 5.41) is 10.1. The number of amides is 1. The van der Waals surface area contributed by atoms with Crippen LogP contribution < -0.4 is 10.6 Å². The molecule has 0 bridgehead atoms. The van der Waals surface area contributed by atoms with E-state index in [1.165, 1.54) is 0 Å². The third-order valence-electron chi connectivity index (χ3n) is 2.57. The summed E-state index contributed by atoms with van der Waals surface area (Å²) in [4.78, 5) is 11.7. The van der Waals surface area contributed by atoms with E-state index in [0.717, 1.165) is 11.4 Å². The summed E-state index contributed by atoms with van der Waals surface area (Å²) >= 11 is 0. The maximum Gasteiger partial charge on any atom is 0.238 e. The third-order valence-corrected chi connectivity index (χ3v) is 2.57. The van der Waals surface area contributed by atoms with Gasteiger partial charge in [-0.1, -0.05) is 19.9 Å². The molecule has 19 heavy (non-hydrogen) atoms. The van der Waals surface area contributed by atoms with Crippen molar-refractivity contribution in [3.05, 3.63) is 42.7 Å². The highest BCUT2D eigenvalue weighted by molar-refractivity contribution is 5.92. The highest BCUT2D eigenvalue weighted by Gasteiger charge is 2.04. The van der Waals surface area contributed by atoms with Crippen molar-refractivity contribution in [1.82, 2.24) is 15.1 Å². The van der Waals surface area contributed by atoms with Gasteiger partial charge in [-0.05, 0) is 24.3 Å². The van der Waals surface area contributed by atoms with Crippen LogP contribution in [0.15, 0.2) is 42.7 Å². The van der Waals surface area contributed by atoms with Crippen molar-refractivity contribution in [1.29, 1.82) is 0 Å². The van der Waals surface area contributed by atoms with E-state index in [1.54, 1.807) is 10.9 Å². The number of hydrogen-bond acceptors (Lipinski definition) is 3. The van der Waals surface area contributed by atoms with Crippen molar-refractivity contribution in [2.75, 3.05) is 11.9 Å². The lowest BCUT2D eigenvalue weighted by Gasteiger charge is -2.10. The van der Waals surface area contributed by atoms with Crippen molar-refractivity contribution in [2.45, 2.75) is 19.9 Å². The van der Waals surface area contributed by atoms with Gasteiger partial charge < -0.3 is 10.6 Å². The number of anilines is 1. The molecule has 5 heteroatoms. The molecule has 0 aliphatic rings. The Labute approximate surface area is 112 Å². The lowest BCUT2D eigenvalue weighted by atomic mass is 10.2. The predicted molar refractivity (Wildman–Crippen MR) is 75.3 cm³/mol. The molecule has 1 aromatic carbocycles. The summed E-state index contributed by atoms with van der Waals surface area (Å²) in [5.74, 6) is -0.0497. The summed E-state index contributed by atoms with van der Waals surface area (Å²) in [7, 11) is 0. The quantitative estimate of drug-likeness (QED) is 0.860. The Morgan fingerprint density at radius 3 is 2.89 bits per heavy atom. The van der Waals surface area contributed by atoms with Gasteiger partial charge in [0, 0.05) is 24.1 Å². The van der Waals surface area contributed by atoms with Crippen molar-refractivity contribution < 1.29 is 4.79 Å². The molecule has 2 aromatic rings. The lowest BCUT2D eigenvalue weighted by molar-refractivity contribution is -0.115. The van der Waals surface area contributed by atoms with Crippen LogP contribution in [0.25, 0.3) is 5.69 Å². The van der Waals surface area contributed by atoms with Crippen molar-refractivity contribution in [3.8, 4) is 5.69 Å². The van der Waals surface area contributed by atoms with Gasteiger partial charge in [-0.2, -0.15) is 5.10 Å². The Morgan fingerprint density at radius 1 is 1.37 bits per heavy atom. The zero-order chi connectivity index (χ0) is 13.7. The highest BCUT2D eigenvalue weighted by atomic mass is 16.1. The van der Waals surface area contributed by atoms with Gasteiger partial charge in [0.05, 0.1) is 12.2 Å². The number of carbonyl (C=O) groups excluding carboxylic acids is 1. The maximum atomic E-state index is 11.7. The number of aromatic nitrogens is 2. The predicted octanol–water partition coefficient (Wildman–Crippen LogP) is 1.81. The van der Waals surface area contributed by atoms with Crippen LogP contribution in [0.1, 0.15) is 13.8 Å².